The predicted molar refractivity (Wildman–Crippen MR) is 111 cm³/mol. The Labute approximate surface area is 189 Å². The van der Waals surface area contributed by atoms with Crippen LogP contribution in [0.5, 0.6) is 0 Å². The van der Waals surface area contributed by atoms with Gasteiger partial charge in [0.15, 0.2) is 0 Å². The molecule has 4 aromatic rings. The van der Waals surface area contributed by atoms with E-state index in [0.717, 1.165) is 17.8 Å². The molecule has 1 atom stereocenters. The SMILES string of the molecule is O=C(Nc1cccc(F)c1)N1Cc2[nH]cnc2C[C@H]1c1nc(-c2ccc(C(F)(F)F)cc2)no1. The summed E-state index contributed by atoms with van der Waals surface area (Å²) in [4.78, 5) is 26.1. The summed E-state index contributed by atoms with van der Waals surface area (Å²) in [6.07, 6.45) is -2.68. The van der Waals surface area contributed by atoms with E-state index in [1.54, 1.807) is 6.07 Å². The number of urea groups is 1. The van der Waals surface area contributed by atoms with Gasteiger partial charge in [0, 0.05) is 17.7 Å². The maximum absolute atomic E-state index is 13.5. The van der Waals surface area contributed by atoms with Gasteiger partial charge in [-0.3, -0.25) is 0 Å². The smallest absolute Gasteiger partial charge is 0.347 e. The second-order valence-electron chi connectivity index (χ2n) is 7.65. The highest BCUT2D eigenvalue weighted by Gasteiger charge is 2.36. The highest BCUT2D eigenvalue weighted by atomic mass is 19.4. The number of aromatic nitrogens is 4. The zero-order valence-electron chi connectivity index (χ0n) is 17.3. The quantitative estimate of drug-likeness (QED) is 0.411. The van der Waals surface area contributed by atoms with Gasteiger partial charge in [-0.15, -0.1) is 0 Å². The summed E-state index contributed by atoms with van der Waals surface area (Å²) in [6.45, 7) is 0.152. The average Bonchev–Trinajstić information content (AvgIpc) is 3.47. The Kier molecular flexibility index (Phi) is 5.27. The van der Waals surface area contributed by atoms with Crippen LogP contribution in [0.25, 0.3) is 11.4 Å². The molecule has 0 radical (unpaired) electrons. The first-order chi connectivity index (χ1) is 16.3. The number of anilines is 1. The molecule has 2 aromatic carbocycles. The summed E-state index contributed by atoms with van der Waals surface area (Å²) >= 11 is 0. The summed E-state index contributed by atoms with van der Waals surface area (Å²) in [5.41, 5.74) is 1.26. The van der Waals surface area contributed by atoms with Gasteiger partial charge in [0.2, 0.25) is 11.7 Å². The van der Waals surface area contributed by atoms with E-state index < -0.39 is 29.6 Å². The Morgan fingerprint density at radius 3 is 2.71 bits per heavy atom. The van der Waals surface area contributed by atoms with Gasteiger partial charge in [0.1, 0.15) is 11.9 Å². The molecule has 1 aliphatic rings. The van der Waals surface area contributed by atoms with Gasteiger partial charge in [-0.25, -0.2) is 14.2 Å². The van der Waals surface area contributed by atoms with Crippen molar-refractivity contribution in [1.82, 2.24) is 25.0 Å². The molecule has 0 fully saturated rings. The normalized spacial score (nSPS) is 15.8. The predicted octanol–water partition coefficient (Wildman–Crippen LogP) is 4.95. The number of nitrogens with zero attached hydrogens (tertiary/aromatic N) is 4. The number of nitrogens with one attached hydrogen (secondary N) is 2. The number of hydrogen-bond donors (Lipinski definition) is 2. The molecule has 34 heavy (non-hydrogen) atoms. The molecule has 0 bridgehead atoms. The van der Waals surface area contributed by atoms with E-state index in [4.69, 9.17) is 4.52 Å². The third kappa shape index (κ3) is 4.21. The zero-order chi connectivity index (χ0) is 23.9. The number of benzene rings is 2. The van der Waals surface area contributed by atoms with Crippen molar-refractivity contribution in [3.63, 3.8) is 0 Å². The molecular weight excluding hydrogens is 456 g/mol. The summed E-state index contributed by atoms with van der Waals surface area (Å²) in [7, 11) is 0. The number of hydrogen-bond acceptors (Lipinski definition) is 5. The summed E-state index contributed by atoms with van der Waals surface area (Å²) < 4.78 is 57.4. The van der Waals surface area contributed by atoms with Crippen LogP contribution in [0.4, 0.5) is 28.0 Å². The van der Waals surface area contributed by atoms with Crippen LogP contribution in [0.2, 0.25) is 0 Å². The molecular formula is C22H16F4N6O2. The van der Waals surface area contributed by atoms with E-state index >= 15 is 0 Å². The Morgan fingerprint density at radius 1 is 1.18 bits per heavy atom. The minimum Gasteiger partial charge on any atom is -0.347 e. The summed E-state index contributed by atoms with van der Waals surface area (Å²) in [5.74, 6) is -0.318. The standard InChI is InChI=1S/C22H16F4N6O2/c23-14-2-1-3-15(8-14)29-21(33)32-10-17-16(27-11-28-17)9-18(32)20-30-19(31-34-20)12-4-6-13(7-5-12)22(24,25)26/h1-8,11,18H,9-10H2,(H,27,28)(H,29,33)/t18-/m0/s1. The van der Waals surface area contributed by atoms with Crippen LogP contribution in [0, 0.1) is 5.82 Å². The van der Waals surface area contributed by atoms with E-state index in [1.165, 1.54) is 41.6 Å². The van der Waals surface area contributed by atoms with E-state index in [0.29, 0.717) is 11.3 Å². The van der Waals surface area contributed by atoms with Crippen LogP contribution in [0.1, 0.15) is 28.9 Å². The van der Waals surface area contributed by atoms with Crippen molar-refractivity contribution < 1.29 is 26.9 Å². The molecule has 0 spiro atoms. The van der Waals surface area contributed by atoms with Gasteiger partial charge in [-0.05, 0) is 30.3 Å². The van der Waals surface area contributed by atoms with Crippen LogP contribution in [-0.2, 0) is 19.1 Å². The lowest BCUT2D eigenvalue weighted by molar-refractivity contribution is -0.137. The number of fused-ring (bicyclic) bond motifs is 1. The van der Waals surface area contributed by atoms with Crippen molar-refractivity contribution in [3.8, 4) is 11.4 Å². The average molecular weight is 472 g/mol. The lowest BCUT2D eigenvalue weighted by Crippen LogP contribution is -2.41. The number of alkyl halides is 3. The first-order valence-corrected chi connectivity index (χ1v) is 10.1. The molecule has 0 unspecified atom stereocenters. The fraction of sp³-hybridized carbons (Fsp3) is 0.182. The second-order valence-corrected chi connectivity index (χ2v) is 7.65. The maximum atomic E-state index is 13.5. The molecule has 2 aromatic heterocycles. The van der Waals surface area contributed by atoms with Gasteiger partial charge in [-0.2, -0.15) is 18.2 Å². The van der Waals surface area contributed by atoms with Crippen molar-refractivity contribution in [2.45, 2.75) is 25.2 Å². The van der Waals surface area contributed by atoms with Gasteiger partial charge < -0.3 is 19.7 Å². The molecule has 0 saturated heterocycles. The van der Waals surface area contributed by atoms with Gasteiger partial charge >= 0.3 is 12.2 Å². The monoisotopic (exact) mass is 472 g/mol. The van der Waals surface area contributed by atoms with Crippen LogP contribution in [0.3, 0.4) is 0 Å². The van der Waals surface area contributed by atoms with Crippen molar-refractivity contribution in [2.75, 3.05) is 5.32 Å². The molecule has 0 aliphatic carbocycles. The summed E-state index contributed by atoms with van der Waals surface area (Å²) in [5, 5.41) is 6.53. The Balaban J connectivity index is 1.42. The third-order valence-electron chi connectivity index (χ3n) is 5.43. The summed E-state index contributed by atoms with van der Waals surface area (Å²) in [6, 6.07) is 8.62. The van der Waals surface area contributed by atoms with Crippen molar-refractivity contribution >= 4 is 11.7 Å². The topological polar surface area (TPSA) is 99.9 Å². The molecule has 2 amide bonds. The first kappa shape index (κ1) is 21.6. The molecule has 2 N–H and O–H groups in total. The second kappa shape index (κ2) is 8.28. The van der Waals surface area contributed by atoms with E-state index in [1.807, 2.05) is 0 Å². The van der Waals surface area contributed by atoms with E-state index in [-0.39, 0.29) is 30.4 Å². The molecule has 0 saturated carbocycles. The first-order valence-electron chi connectivity index (χ1n) is 10.1. The molecule has 174 valence electrons. The largest absolute Gasteiger partial charge is 0.416 e. The van der Waals surface area contributed by atoms with Crippen LogP contribution in [-0.4, -0.2) is 31.0 Å². The molecule has 3 heterocycles. The molecule has 5 rings (SSSR count). The van der Waals surface area contributed by atoms with Crippen molar-refractivity contribution in [3.05, 3.63) is 83.5 Å². The Hall–Kier alpha value is -4.22. The van der Waals surface area contributed by atoms with Crippen LogP contribution >= 0.6 is 0 Å². The highest BCUT2D eigenvalue weighted by Crippen LogP contribution is 2.34. The minimum absolute atomic E-state index is 0.0852. The van der Waals surface area contributed by atoms with Crippen LogP contribution in [0.15, 0.2) is 59.4 Å². The number of amides is 2. The highest BCUT2D eigenvalue weighted by molar-refractivity contribution is 5.89. The molecule has 1 aliphatic heterocycles. The maximum Gasteiger partial charge on any atom is 0.416 e. The fourth-order valence-corrected chi connectivity index (χ4v) is 3.73. The number of rotatable bonds is 3. The van der Waals surface area contributed by atoms with Gasteiger partial charge in [0.25, 0.3) is 0 Å². The van der Waals surface area contributed by atoms with Crippen LogP contribution < -0.4 is 5.32 Å². The van der Waals surface area contributed by atoms with E-state index in [9.17, 15) is 22.4 Å². The fourth-order valence-electron chi connectivity index (χ4n) is 3.73. The lowest BCUT2D eigenvalue weighted by atomic mass is 10.0. The van der Waals surface area contributed by atoms with Crippen molar-refractivity contribution in [1.29, 1.82) is 0 Å². The number of carbonyl (C=O) groups is 1. The zero-order valence-corrected chi connectivity index (χ0v) is 17.3. The van der Waals surface area contributed by atoms with E-state index in [2.05, 4.69) is 25.4 Å². The number of H-pyrrole nitrogens is 1. The number of carbonyl (C=O) groups excluding carboxylic acids is 1. The lowest BCUT2D eigenvalue weighted by Gasteiger charge is -2.32. The molecule has 12 heteroatoms. The molecule has 8 nitrogen and oxygen atoms in total. The Morgan fingerprint density at radius 2 is 1.97 bits per heavy atom. The Bertz CT molecular complexity index is 1330. The number of aromatic amines is 1. The van der Waals surface area contributed by atoms with Crippen molar-refractivity contribution in [2.24, 2.45) is 0 Å². The third-order valence-corrected chi connectivity index (χ3v) is 5.43. The van der Waals surface area contributed by atoms with Gasteiger partial charge in [-0.1, -0.05) is 23.4 Å². The number of halogens is 4. The number of imidazole rings is 1. The van der Waals surface area contributed by atoms with Gasteiger partial charge in [0.05, 0.1) is 29.8 Å². The minimum atomic E-state index is -4.46.